The molecule has 0 atom stereocenters. The Bertz CT molecular complexity index is 924. The number of aromatic nitrogens is 1. The predicted octanol–water partition coefficient (Wildman–Crippen LogP) is 4.32. The standard InChI is InChI=1S/C19H11ClFNO3/c20-18-16(2-1-11-22-18)19(24)25-15-9-5-13(6-10-15)17(23)12-3-7-14(21)8-4-12/h1-11H. The number of halogens is 2. The molecule has 0 aliphatic carbocycles. The van der Waals surface area contributed by atoms with Crippen LogP contribution in [0.1, 0.15) is 26.3 Å². The van der Waals surface area contributed by atoms with Crippen molar-refractivity contribution in [3.05, 3.63) is 94.5 Å². The Morgan fingerprint density at radius 1 is 0.920 bits per heavy atom. The average Bonchev–Trinajstić information content (AvgIpc) is 2.63. The van der Waals surface area contributed by atoms with Crippen molar-refractivity contribution in [1.29, 1.82) is 0 Å². The fourth-order valence-corrected chi connectivity index (χ4v) is 2.34. The van der Waals surface area contributed by atoms with Crippen LogP contribution < -0.4 is 4.74 Å². The van der Waals surface area contributed by atoms with Crippen LogP contribution in [0, 0.1) is 5.82 Å². The molecule has 0 unspecified atom stereocenters. The second-order valence-corrected chi connectivity index (χ2v) is 5.45. The summed E-state index contributed by atoms with van der Waals surface area (Å²) in [4.78, 5) is 28.2. The molecule has 3 rings (SSSR count). The lowest BCUT2D eigenvalue weighted by atomic mass is 10.0. The van der Waals surface area contributed by atoms with Crippen molar-refractivity contribution in [3.63, 3.8) is 0 Å². The Morgan fingerprint density at radius 2 is 1.52 bits per heavy atom. The summed E-state index contributed by atoms with van der Waals surface area (Å²) < 4.78 is 18.1. The van der Waals surface area contributed by atoms with E-state index in [1.165, 1.54) is 60.8 Å². The molecule has 0 N–H and O–H groups in total. The highest BCUT2D eigenvalue weighted by atomic mass is 35.5. The molecule has 0 radical (unpaired) electrons. The first-order chi connectivity index (χ1) is 12.0. The lowest BCUT2D eigenvalue weighted by Crippen LogP contribution is -2.10. The molecule has 0 bridgehead atoms. The number of esters is 1. The Morgan fingerprint density at radius 3 is 2.12 bits per heavy atom. The molecule has 0 spiro atoms. The Hall–Kier alpha value is -3.05. The van der Waals surface area contributed by atoms with Crippen LogP contribution in [0.25, 0.3) is 0 Å². The maximum atomic E-state index is 12.9. The fraction of sp³-hybridized carbons (Fsp3) is 0. The van der Waals surface area contributed by atoms with Crippen LogP contribution in [0.4, 0.5) is 4.39 Å². The Balaban J connectivity index is 1.74. The van der Waals surface area contributed by atoms with Crippen LogP contribution in [0.3, 0.4) is 0 Å². The van der Waals surface area contributed by atoms with Gasteiger partial charge in [-0.25, -0.2) is 14.2 Å². The number of rotatable bonds is 4. The molecule has 2 aromatic carbocycles. The molecule has 1 aromatic heterocycles. The largest absolute Gasteiger partial charge is 0.423 e. The zero-order valence-corrected chi connectivity index (χ0v) is 13.5. The van der Waals surface area contributed by atoms with Crippen LogP contribution in [-0.2, 0) is 0 Å². The van der Waals surface area contributed by atoms with Gasteiger partial charge in [0, 0.05) is 17.3 Å². The number of hydrogen-bond donors (Lipinski definition) is 0. The van der Waals surface area contributed by atoms with E-state index in [4.69, 9.17) is 16.3 Å². The number of ketones is 1. The van der Waals surface area contributed by atoms with Gasteiger partial charge in [0.25, 0.3) is 0 Å². The molecular weight excluding hydrogens is 345 g/mol. The van der Waals surface area contributed by atoms with Gasteiger partial charge in [0.2, 0.25) is 0 Å². The molecule has 0 saturated heterocycles. The van der Waals surface area contributed by atoms with Crippen molar-refractivity contribution < 1.29 is 18.7 Å². The van der Waals surface area contributed by atoms with Gasteiger partial charge in [0.05, 0.1) is 5.56 Å². The van der Waals surface area contributed by atoms with E-state index in [0.29, 0.717) is 11.1 Å². The molecule has 6 heteroatoms. The minimum absolute atomic E-state index is 0.0515. The number of carbonyl (C=O) groups excluding carboxylic acids is 2. The number of benzene rings is 2. The van der Waals surface area contributed by atoms with Crippen molar-refractivity contribution in [3.8, 4) is 5.75 Å². The first-order valence-electron chi connectivity index (χ1n) is 7.27. The van der Waals surface area contributed by atoms with Crippen molar-refractivity contribution in [2.24, 2.45) is 0 Å². The van der Waals surface area contributed by atoms with E-state index in [9.17, 15) is 14.0 Å². The van der Waals surface area contributed by atoms with E-state index in [0.717, 1.165) is 0 Å². The molecule has 0 amide bonds. The third-order valence-corrected chi connectivity index (χ3v) is 3.71. The van der Waals surface area contributed by atoms with Gasteiger partial charge in [-0.05, 0) is 60.7 Å². The SMILES string of the molecule is O=C(c1ccc(F)cc1)c1ccc(OC(=O)c2cccnc2Cl)cc1. The van der Waals surface area contributed by atoms with Gasteiger partial charge in [-0.1, -0.05) is 11.6 Å². The van der Waals surface area contributed by atoms with E-state index in [-0.39, 0.29) is 22.2 Å². The van der Waals surface area contributed by atoms with Gasteiger partial charge in [-0.2, -0.15) is 0 Å². The summed E-state index contributed by atoms with van der Waals surface area (Å²) >= 11 is 5.85. The summed E-state index contributed by atoms with van der Waals surface area (Å²) in [5.74, 6) is -1.04. The van der Waals surface area contributed by atoms with Gasteiger partial charge in [0.15, 0.2) is 5.78 Å². The third kappa shape index (κ3) is 3.89. The maximum absolute atomic E-state index is 12.9. The minimum atomic E-state index is -0.643. The van der Waals surface area contributed by atoms with E-state index >= 15 is 0 Å². The van der Waals surface area contributed by atoms with Crippen LogP contribution in [0.2, 0.25) is 5.15 Å². The third-order valence-electron chi connectivity index (χ3n) is 3.41. The van der Waals surface area contributed by atoms with Crippen LogP contribution in [0.15, 0.2) is 66.9 Å². The van der Waals surface area contributed by atoms with Crippen molar-refractivity contribution in [2.75, 3.05) is 0 Å². The van der Waals surface area contributed by atoms with Crippen LogP contribution >= 0.6 is 11.6 Å². The van der Waals surface area contributed by atoms with Crippen LogP contribution in [-0.4, -0.2) is 16.7 Å². The number of hydrogen-bond acceptors (Lipinski definition) is 4. The van der Waals surface area contributed by atoms with Gasteiger partial charge in [-0.15, -0.1) is 0 Å². The number of ether oxygens (including phenoxy) is 1. The Kier molecular flexibility index (Phi) is 4.86. The van der Waals surface area contributed by atoms with Crippen molar-refractivity contribution in [2.45, 2.75) is 0 Å². The average molecular weight is 356 g/mol. The molecule has 4 nitrogen and oxygen atoms in total. The lowest BCUT2D eigenvalue weighted by molar-refractivity contribution is 0.0734. The van der Waals surface area contributed by atoms with Gasteiger partial charge in [0.1, 0.15) is 16.7 Å². The zero-order valence-electron chi connectivity index (χ0n) is 12.8. The molecule has 0 aliphatic rings. The zero-order chi connectivity index (χ0) is 17.8. The van der Waals surface area contributed by atoms with Crippen molar-refractivity contribution >= 4 is 23.4 Å². The molecule has 0 aliphatic heterocycles. The summed E-state index contributed by atoms with van der Waals surface area (Å²) in [6.45, 7) is 0. The topological polar surface area (TPSA) is 56.3 Å². The first-order valence-corrected chi connectivity index (χ1v) is 7.65. The number of carbonyl (C=O) groups is 2. The molecule has 1 heterocycles. The van der Waals surface area contributed by atoms with E-state index in [1.54, 1.807) is 6.07 Å². The summed E-state index contributed by atoms with van der Waals surface area (Å²) in [5, 5.41) is 0.0515. The number of pyridine rings is 1. The first kappa shape index (κ1) is 16.8. The maximum Gasteiger partial charge on any atom is 0.346 e. The molecular formula is C19H11ClFNO3. The van der Waals surface area contributed by atoms with E-state index < -0.39 is 11.8 Å². The lowest BCUT2D eigenvalue weighted by Gasteiger charge is -2.06. The normalized spacial score (nSPS) is 10.3. The Labute approximate surface area is 147 Å². The molecule has 3 aromatic rings. The van der Waals surface area contributed by atoms with Gasteiger partial charge < -0.3 is 4.74 Å². The summed E-state index contributed by atoms with van der Waals surface area (Å²) in [6, 6.07) is 14.4. The molecule has 25 heavy (non-hydrogen) atoms. The highest BCUT2D eigenvalue weighted by Gasteiger charge is 2.14. The smallest absolute Gasteiger partial charge is 0.346 e. The predicted molar refractivity (Wildman–Crippen MR) is 90.5 cm³/mol. The van der Waals surface area contributed by atoms with E-state index in [2.05, 4.69) is 4.98 Å². The number of nitrogens with zero attached hydrogens (tertiary/aromatic N) is 1. The van der Waals surface area contributed by atoms with E-state index in [1.807, 2.05) is 0 Å². The van der Waals surface area contributed by atoms with Gasteiger partial charge >= 0.3 is 5.97 Å². The summed E-state index contributed by atoms with van der Waals surface area (Å²) in [7, 11) is 0. The summed E-state index contributed by atoms with van der Waals surface area (Å²) in [5.41, 5.74) is 0.912. The van der Waals surface area contributed by atoms with Gasteiger partial charge in [-0.3, -0.25) is 4.79 Å². The second kappa shape index (κ2) is 7.23. The molecule has 124 valence electrons. The highest BCUT2D eigenvalue weighted by molar-refractivity contribution is 6.32. The second-order valence-electron chi connectivity index (χ2n) is 5.09. The monoisotopic (exact) mass is 355 g/mol. The van der Waals surface area contributed by atoms with Crippen molar-refractivity contribution in [1.82, 2.24) is 4.98 Å². The molecule has 0 saturated carbocycles. The summed E-state index contributed by atoms with van der Waals surface area (Å²) in [6.07, 6.45) is 1.47. The minimum Gasteiger partial charge on any atom is -0.423 e. The fourth-order valence-electron chi connectivity index (χ4n) is 2.14. The van der Waals surface area contributed by atoms with Crippen LogP contribution in [0.5, 0.6) is 5.75 Å². The molecule has 0 fully saturated rings. The quantitative estimate of drug-likeness (QED) is 0.302. The highest BCUT2D eigenvalue weighted by Crippen LogP contribution is 2.19.